The molecule has 4 aromatic rings. The Balaban J connectivity index is 1.53. The van der Waals surface area contributed by atoms with Gasteiger partial charge in [-0.2, -0.15) is 0 Å². The maximum atomic E-state index is 13.9. The van der Waals surface area contributed by atoms with Gasteiger partial charge in [0, 0.05) is 41.7 Å². The van der Waals surface area contributed by atoms with Crippen molar-refractivity contribution in [1.82, 2.24) is 25.0 Å². The minimum absolute atomic E-state index is 0.0167. The molecule has 184 valence electrons. The zero-order valence-electron chi connectivity index (χ0n) is 19.0. The molecule has 2 atom stereocenters. The average molecular weight is 528 g/mol. The number of ether oxygens (including phenoxy) is 2. The Hall–Kier alpha value is -3.25. The highest BCUT2D eigenvalue weighted by molar-refractivity contribution is 7.13. The summed E-state index contributed by atoms with van der Waals surface area (Å²) in [6.45, 7) is 1.28. The first kappa shape index (κ1) is 23.2. The van der Waals surface area contributed by atoms with Crippen LogP contribution in [0.2, 0.25) is 5.02 Å². The quantitative estimate of drug-likeness (QED) is 0.351. The number of methoxy groups -OCH3 is 1. The van der Waals surface area contributed by atoms with E-state index < -0.39 is 11.8 Å². The maximum Gasteiger partial charge on any atom is 0.342 e. The molecule has 2 aliphatic rings. The molecule has 0 N–H and O–H groups in total. The molecule has 9 nitrogen and oxygen atoms in total. The third-order valence-corrected chi connectivity index (χ3v) is 7.52. The van der Waals surface area contributed by atoms with E-state index in [4.69, 9.17) is 30.6 Å². The van der Waals surface area contributed by atoms with Gasteiger partial charge in [-0.05, 0) is 18.2 Å². The molecule has 5 heterocycles. The van der Waals surface area contributed by atoms with Crippen molar-refractivity contribution in [3.05, 3.63) is 69.4 Å². The highest BCUT2D eigenvalue weighted by Gasteiger charge is 2.41. The number of fused-ring (bicyclic) bond motifs is 4. The summed E-state index contributed by atoms with van der Waals surface area (Å²) < 4.78 is 30.1. The van der Waals surface area contributed by atoms with E-state index in [1.165, 1.54) is 36.6 Å². The smallest absolute Gasteiger partial charge is 0.342 e. The van der Waals surface area contributed by atoms with Crippen molar-refractivity contribution in [2.45, 2.75) is 25.0 Å². The zero-order chi connectivity index (χ0) is 24.8. The summed E-state index contributed by atoms with van der Waals surface area (Å²) in [5, 5.41) is 6.66. The van der Waals surface area contributed by atoms with Crippen LogP contribution >= 0.6 is 22.9 Å². The molecule has 0 saturated carbocycles. The van der Waals surface area contributed by atoms with E-state index in [-0.39, 0.29) is 28.4 Å². The van der Waals surface area contributed by atoms with E-state index in [1.54, 1.807) is 12.5 Å². The number of rotatable bonds is 5. The topological polar surface area (TPSA) is 103 Å². The van der Waals surface area contributed by atoms with Gasteiger partial charge in [-0.15, -0.1) is 11.3 Å². The van der Waals surface area contributed by atoms with Gasteiger partial charge in [0.25, 0.3) is 0 Å². The van der Waals surface area contributed by atoms with Crippen LogP contribution in [-0.4, -0.2) is 57.3 Å². The molecular weight excluding hydrogens is 509 g/mol. The molecule has 3 aromatic heterocycles. The van der Waals surface area contributed by atoms with Crippen LogP contribution in [0.4, 0.5) is 4.39 Å². The van der Waals surface area contributed by atoms with Crippen molar-refractivity contribution in [3.63, 3.8) is 0 Å². The fourth-order valence-electron chi connectivity index (χ4n) is 4.78. The molecular formula is C24H19ClFN5O4S. The third-order valence-electron chi connectivity index (χ3n) is 6.43. The highest BCUT2D eigenvalue weighted by atomic mass is 35.5. The summed E-state index contributed by atoms with van der Waals surface area (Å²) in [7, 11) is 1.30. The van der Waals surface area contributed by atoms with Gasteiger partial charge < -0.3 is 14.0 Å². The molecule has 1 saturated heterocycles. The van der Waals surface area contributed by atoms with E-state index in [1.807, 2.05) is 5.38 Å². The fraction of sp³-hybridized carbons (Fsp3) is 0.292. The molecule has 2 unspecified atom stereocenters. The highest BCUT2D eigenvalue weighted by Crippen LogP contribution is 2.39. The fourth-order valence-corrected chi connectivity index (χ4v) is 5.61. The predicted octanol–water partition coefficient (Wildman–Crippen LogP) is 4.33. The summed E-state index contributed by atoms with van der Waals surface area (Å²) in [5.41, 5.74) is 3.15. The van der Waals surface area contributed by atoms with Gasteiger partial charge in [0.15, 0.2) is 10.8 Å². The number of carbonyl (C=O) groups is 1. The van der Waals surface area contributed by atoms with Crippen molar-refractivity contribution in [2.75, 3.05) is 20.3 Å². The monoisotopic (exact) mass is 527 g/mol. The SMILES string of the molecule is COC(=O)c1c(CN2C3COCC2c2conc2C3)nc(-c2nccs2)nc1-c1ccc(F)cc1Cl. The van der Waals surface area contributed by atoms with Gasteiger partial charge >= 0.3 is 5.97 Å². The normalized spacial score (nSPS) is 19.2. The third kappa shape index (κ3) is 3.97. The Morgan fingerprint density at radius 3 is 3.00 bits per heavy atom. The van der Waals surface area contributed by atoms with Gasteiger partial charge in [-0.1, -0.05) is 16.8 Å². The summed E-state index contributed by atoms with van der Waals surface area (Å²) in [6.07, 6.45) is 3.95. The molecule has 1 aromatic carbocycles. The lowest BCUT2D eigenvalue weighted by atomic mass is 9.91. The van der Waals surface area contributed by atoms with Gasteiger partial charge in [-0.3, -0.25) is 4.90 Å². The van der Waals surface area contributed by atoms with E-state index >= 15 is 0 Å². The van der Waals surface area contributed by atoms with Gasteiger partial charge in [0.1, 0.15) is 17.6 Å². The van der Waals surface area contributed by atoms with Crippen LogP contribution in [-0.2, 0) is 22.4 Å². The molecule has 2 aliphatic heterocycles. The van der Waals surface area contributed by atoms with Crippen LogP contribution in [0.25, 0.3) is 22.1 Å². The molecule has 1 fully saturated rings. The predicted molar refractivity (Wildman–Crippen MR) is 128 cm³/mol. The summed E-state index contributed by atoms with van der Waals surface area (Å²) >= 11 is 7.79. The first-order valence-electron chi connectivity index (χ1n) is 11.1. The van der Waals surface area contributed by atoms with E-state index in [2.05, 4.69) is 20.0 Å². The Labute approximate surface area is 213 Å². The van der Waals surface area contributed by atoms with Crippen LogP contribution in [0.3, 0.4) is 0 Å². The molecule has 0 radical (unpaired) electrons. The molecule has 2 bridgehead atoms. The second-order valence-electron chi connectivity index (χ2n) is 8.47. The van der Waals surface area contributed by atoms with Crippen molar-refractivity contribution in [2.24, 2.45) is 0 Å². The number of carbonyl (C=O) groups excluding carboxylic acids is 1. The zero-order valence-corrected chi connectivity index (χ0v) is 20.6. The Morgan fingerprint density at radius 1 is 1.33 bits per heavy atom. The van der Waals surface area contributed by atoms with Crippen molar-refractivity contribution in [3.8, 4) is 22.1 Å². The molecule has 0 aliphatic carbocycles. The lowest BCUT2D eigenvalue weighted by Gasteiger charge is -2.44. The van der Waals surface area contributed by atoms with Crippen molar-refractivity contribution in [1.29, 1.82) is 0 Å². The van der Waals surface area contributed by atoms with Crippen LogP contribution in [0, 0.1) is 5.82 Å². The van der Waals surface area contributed by atoms with Crippen LogP contribution in [0.5, 0.6) is 0 Å². The number of thiazole rings is 1. The summed E-state index contributed by atoms with van der Waals surface area (Å²) in [4.78, 5) is 29.2. The number of morpholine rings is 1. The number of benzene rings is 1. The standard InChI is InChI=1S/C24H19ClFN5O4S/c1-33-24(32)20-18(8-31-13-7-17-15(10-35-30-17)19(31)11-34-9-13)28-22(23-27-4-5-36-23)29-21(20)14-3-2-12(26)6-16(14)25/h2-6,10,13,19H,7-9,11H2,1H3. The van der Waals surface area contributed by atoms with Crippen LogP contribution < -0.4 is 0 Å². The van der Waals surface area contributed by atoms with E-state index in [0.29, 0.717) is 48.3 Å². The summed E-state index contributed by atoms with van der Waals surface area (Å²) in [6, 6.07) is 3.85. The van der Waals surface area contributed by atoms with Crippen molar-refractivity contribution < 1.29 is 23.2 Å². The number of nitrogens with zero attached hydrogens (tertiary/aromatic N) is 5. The van der Waals surface area contributed by atoms with Gasteiger partial charge in [0.2, 0.25) is 0 Å². The number of halogens is 2. The minimum atomic E-state index is -0.616. The minimum Gasteiger partial charge on any atom is -0.465 e. The van der Waals surface area contributed by atoms with Crippen molar-refractivity contribution >= 4 is 28.9 Å². The molecule has 0 spiro atoms. The second kappa shape index (κ2) is 9.32. The maximum absolute atomic E-state index is 13.9. The average Bonchev–Trinajstić information content (AvgIpc) is 3.56. The Bertz CT molecular complexity index is 1450. The number of hydrogen-bond acceptors (Lipinski definition) is 10. The lowest BCUT2D eigenvalue weighted by Crippen LogP contribution is -2.51. The Kier molecular flexibility index (Phi) is 6.00. The lowest BCUT2D eigenvalue weighted by molar-refractivity contribution is -0.0637. The number of esters is 1. The Morgan fingerprint density at radius 2 is 2.22 bits per heavy atom. The van der Waals surface area contributed by atoms with Crippen LogP contribution in [0.1, 0.15) is 33.4 Å². The number of hydrogen-bond donors (Lipinski definition) is 0. The second-order valence-corrected chi connectivity index (χ2v) is 9.77. The van der Waals surface area contributed by atoms with E-state index in [0.717, 1.165) is 11.3 Å². The first-order valence-corrected chi connectivity index (χ1v) is 12.4. The van der Waals surface area contributed by atoms with Gasteiger partial charge in [-0.25, -0.2) is 24.1 Å². The van der Waals surface area contributed by atoms with Gasteiger partial charge in [0.05, 0.1) is 48.5 Å². The molecule has 36 heavy (non-hydrogen) atoms. The summed E-state index contributed by atoms with van der Waals surface area (Å²) in [5.74, 6) is -0.772. The molecule has 6 rings (SSSR count). The number of aromatic nitrogens is 4. The largest absolute Gasteiger partial charge is 0.465 e. The van der Waals surface area contributed by atoms with E-state index in [9.17, 15) is 9.18 Å². The molecule has 12 heteroatoms. The van der Waals surface area contributed by atoms with Crippen LogP contribution in [0.15, 0.2) is 40.6 Å². The first-order chi connectivity index (χ1) is 17.5. The molecule has 0 amide bonds.